The van der Waals surface area contributed by atoms with Crippen LogP contribution < -0.4 is 10.0 Å². The third kappa shape index (κ3) is 3.70. The molecule has 8 heteroatoms. The Kier molecular flexibility index (Phi) is 3.94. The van der Waals surface area contributed by atoms with Crippen molar-refractivity contribution in [3.63, 3.8) is 0 Å². The van der Waals surface area contributed by atoms with Crippen LogP contribution in [0.5, 0.6) is 0 Å². The first-order valence-corrected chi connectivity index (χ1v) is 7.91. The molecule has 0 unspecified atom stereocenters. The average molecular weight is 314 g/mol. The Morgan fingerprint density at radius 2 is 2.00 bits per heavy atom. The van der Waals surface area contributed by atoms with E-state index in [2.05, 4.69) is 15.0 Å². The van der Waals surface area contributed by atoms with Gasteiger partial charge in [0.05, 0.1) is 11.2 Å². The summed E-state index contributed by atoms with van der Waals surface area (Å²) in [5.74, 6) is -0.463. The number of aliphatic imine (C=N–C) groups is 1. The summed E-state index contributed by atoms with van der Waals surface area (Å²) in [6.07, 6.45) is 0. The zero-order chi connectivity index (χ0) is 15.8. The van der Waals surface area contributed by atoms with Gasteiger partial charge in [-0.15, -0.1) is 0 Å². The van der Waals surface area contributed by atoms with Gasteiger partial charge in [-0.3, -0.25) is 0 Å². The van der Waals surface area contributed by atoms with Gasteiger partial charge in [0.15, 0.2) is 0 Å². The van der Waals surface area contributed by atoms with E-state index in [0.717, 1.165) is 6.07 Å². The van der Waals surface area contributed by atoms with Crippen LogP contribution in [0.15, 0.2) is 28.1 Å². The number of rotatable bonds is 3. The normalized spacial score (nSPS) is 19.0. The number of hydrogen-bond acceptors (Lipinski definition) is 4. The molecule has 116 valence electrons. The third-order valence-electron chi connectivity index (χ3n) is 2.83. The fourth-order valence-electron chi connectivity index (χ4n) is 2.32. The van der Waals surface area contributed by atoms with Gasteiger partial charge in [-0.25, -0.2) is 22.5 Å². The van der Waals surface area contributed by atoms with E-state index < -0.39 is 21.4 Å². The Balaban J connectivity index is 2.38. The predicted octanol–water partition coefficient (Wildman–Crippen LogP) is 1.23. The minimum Gasteiger partial charge on any atom is -0.324 e. The van der Waals surface area contributed by atoms with E-state index in [4.69, 9.17) is 0 Å². The number of benzene rings is 1. The summed E-state index contributed by atoms with van der Waals surface area (Å²) >= 11 is 0. The Hall–Kier alpha value is -1.67. The average Bonchev–Trinajstić information content (AvgIpc) is 2.27. The molecule has 2 N–H and O–H groups in total. The van der Waals surface area contributed by atoms with Crippen molar-refractivity contribution in [3.8, 4) is 0 Å². The van der Waals surface area contributed by atoms with E-state index in [0.29, 0.717) is 12.2 Å². The van der Waals surface area contributed by atoms with Crippen molar-refractivity contribution in [2.24, 2.45) is 4.99 Å². The van der Waals surface area contributed by atoms with E-state index in [9.17, 15) is 12.8 Å². The van der Waals surface area contributed by atoms with Gasteiger partial charge in [0.2, 0.25) is 5.96 Å². The number of likely N-dealkylation sites (N-methyl/N-ethyl adjacent to an activating group) is 1. The summed E-state index contributed by atoms with van der Waals surface area (Å²) in [6.45, 7) is 4.45. The van der Waals surface area contributed by atoms with Crippen LogP contribution in [0.1, 0.15) is 13.8 Å². The monoisotopic (exact) mass is 314 g/mol. The number of sulfonamides is 1. The number of nitrogens with one attached hydrogen (secondary N) is 2. The fraction of sp³-hybridized carbons (Fsp3) is 0.462. The van der Waals surface area contributed by atoms with Crippen molar-refractivity contribution in [2.45, 2.75) is 24.3 Å². The van der Waals surface area contributed by atoms with Gasteiger partial charge in [0.1, 0.15) is 10.7 Å². The van der Waals surface area contributed by atoms with Crippen LogP contribution in [-0.2, 0) is 10.0 Å². The molecule has 0 saturated carbocycles. The predicted molar refractivity (Wildman–Crippen MR) is 80.4 cm³/mol. The molecule has 0 aromatic heterocycles. The van der Waals surface area contributed by atoms with Gasteiger partial charge in [0.25, 0.3) is 10.0 Å². The quantitative estimate of drug-likeness (QED) is 0.880. The fourth-order valence-corrected chi connectivity index (χ4v) is 3.46. The summed E-state index contributed by atoms with van der Waals surface area (Å²) in [4.78, 5) is 6.25. The maximum absolute atomic E-state index is 13.2. The molecule has 2 rings (SSSR count). The van der Waals surface area contributed by atoms with E-state index in [1.54, 1.807) is 0 Å². The number of anilines is 1. The second kappa shape index (κ2) is 5.27. The summed E-state index contributed by atoms with van der Waals surface area (Å²) in [6, 6.07) is 3.57. The molecule has 1 heterocycles. The lowest BCUT2D eigenvalue weighted by Crippen LogP contribution is -2.44. The van der Waals surface area contributed by atoms with Gasteiger partial charge in [-0.05, 0) is 46.1 Å². The highest BCUT2D eigenvalue weighted by Gasteiger charge is 2.29. The van der Waals surface area contributed by atoms with Crippen LogP contribution in [0.2, 0.25) is 0 Å². The molecule has 1 aromatic carbocycles. The Morgan fingerprint density at radius 1 is 1.33 bits per heavy atom. The van der Waals surface area contributed by atoms with Crippen LogP contribution >= 0.6 is 0 Å². The minimum absolute atomic E-state index is 0.119. The van der Waals surface area contributed by atoms with Crippen LogP contribution in [0.4, 0.5) is 10.1 Å². The minimum atomic E-state index is -3.81. The van der Waals surface area contributed by atoms with Crippen LogP contribution in [0.25, 0.3) is 0 Å². The lowest BCUT2D eigenvalue weighted by atomic mass is 10.1. The molecule has 1 aromatic rings. The maximum atomic E-state index is 13.2. The lowest BCUT2D eigenvalue weighted by Gasteiger charge is -2.28. The molecule has 1 aliphatic rings. The van der Waals surface area contributed by atoms with Crippen molar-refractivity contribution in [1.29, 1.82) is 0 Å². The van der Waals surface area contributed by atoms with Crippen molar-refractivity contribution < 1.29 is 12.8 Å². The van der Waals surface area contributed by atoms with Gasteiger partial charge < -0.3 is 10.2 Å². The molecule has 0 bridgehead atoms. The van der Waals surface area contributed by atoms with E-state index in [1.807, 2.05) is 32.8 Å². The highest BCUT2D eigenvalue weighted by Crippen LogP contribution is 2.26. The summed E-state index contributed by atoms with van der Waals surface area (Å²) in [5.41, 5.74) is -0.166. The molecule has 0 spiro atoms. The van der Waals surface area contributed by atoms with E-state index in [1.165, 1.54) is 12.1 Å². The topological polar surface area (TPSA) is 73.8 Å². The molecule has 0 aliphatic carbocycles. The molecule has 6 nitrogen and oxygen atoms in total. The largest absolute Gasteiger partial charge is 0.324 e. The first kappa shape index (κ1) is 15.7. The second-order valence-electron chi connectivity index (χ2n) is 5.88. The SMILES string of the molecule is CN(C)CC(C)(C)N=C1Nc2ccc(F)cc2S(=O)(=O)N1. The summed E-state index contributed by atoms with van der Waals surface area (Å²) < 4.78 is 39.8. The molecular weight excluding hydrogens is 295 g/mol. The number of nitrogens with zero attached hydrogens (tertiary/aromatic N) is 2. The summed E-state index contributed by atoms with van der Waals surface area (Å²) in [5, 5.41) is 2.88. The van der Waals surface area contributed by atoms with Gasteiger partial charge in [-0.1, -0.05) is 0 Å². The van der Waals surface area contributed by atoms with Crippen molar-refractivity contribution in [2.75, 3.05) is 26.0 Å². The Morgan fingerprint density at radius 3 is 2.62 bits per heavy atom. The summed E-state index contributed by atoms with van der Waals surface area (Å²) in [7, 11) is 0.0189. The first-order valence-electron chi connectivity index (χ1n) is 6.43. The van der Waals surface area contributed by atoms with E-state index >= 15 is 0 Å². The van der Waals surface area contributed by atoms with E-state index in [-0.39, 0.29) is 10.9 Å². The number of guanidine groups is 1. The molecule has 0 saturated heterocycles. The third-order valence-corrected chi connectivity index (χ3v) is 4.21. The number of fused-ring (bicyclic) bond motifs is 1. The zero-order valence-corrected chi connectivity index (χ0v) is 13.3. The van der Waals surface area contributed by atoms with Gasteiger partial charge in [0, 0.05) is 6.54 Å². The second-order valence-corrected chi connectivity index (χ2v) is 7.53. The molecule has 0 radical (unpaired) electrons. The molecule has 0 amide bonds. The van der Waals surface area contributed by atoms with Crippen molar-refractivity contribution in [1.82, 2.24) is 9.62 Å². The van der Waals surface area contributed by atoms with Gasteiger partial charge in [-0.2, -0.15) is 0 Å². The van der Waals surface area contributed by atoms with Gasteiger partial charge >= 0.3 is 0 Å². The number of halogens is 1. The van der Waals surface area contributed by atoms with Crippen LogP contribution in [-0.4, -0.2) is 45.5 Å². The highest BCUT2D eigenvalue weighted by atomic mass is 32.2. The van der Waals surface area contributed by atoms with Crippen molar-refractivity contribution in [3.05, 3.63) is 24.0 Å². The lowest BCUT2D eigenvalue weighted by molar-refractivity contribution is 0.319. The van der Waals surface area contributed by atoms with Crippen LogP contribution in [0.3, 0.4) is 0 Å². The molecule has 0 atom stereocenters. The smallest absolute Gasteiger partial charge is 0.266 e. The Labute approximate surface area is 124 Å². The van der Waals surface area contributed by atoms with Crippen molar-refractivity contribution >= 4 is 21.7 Å². The maximum Gasteiger partial charge on any atom is 0.266 e. The standard InChI is InChI=1S/C13H19FN4O2S/c1-13(2,8-18(3)4)16-12-15-10-6-5-9(14)7-11(10)21(19,20)17-12/h5-7H,8H2,1-4H3,(H2,15,16,17). The highest BCUT2D eigenvalue weighted by molar-refractivity contribution is 7.90. The Bertz CT molecular complexity index is 683. The number of hydrogen-bond donors (Lipinski definition) is 2. The van der Waals surface area contributed by atoms with Crippen LogP contribution in [0, 0.1) is 5.82 Å². The first-order chi connectivity index (χ1) is 9.59. The molecule has 0 fully saturated rings. The molecular formula is C13H19FN4O2S. The molecule has 1 aliphatic heterocycles. The molecule has 21 heavy (non-hydrogen) atoms. The zero-order valence-electron chi connectivity index (χ0n) is 12.4.